The summed E-state index contributed by atoms with van der Waals surface area (Å²) in [5.41, 5.74) is 0.897. The van der Waals surface area contributed by atoms with E-state index in [1.165, 1.54) is 0 Å². The minimum atomic E-state index is 0.0468. The Labute approximate surface area is 103 Å². The number of anilines is 1. The van der Waals surface area contributed by atoms with Gasteiger partial charge in [-0.1, -0.05) is 6.92 Å². The first-order valence-corrected chi connectivity index (χ1v) is 6.03. The summed E-state index contributed by atoms with van der Waals surface area (Å²) < 4.78 is 6.52. The fourth-order valence-corrected chi connectivity index (χ4v) is 2.11. The molecule has 0 aliphatic carbocycles. The first-order chi connectivity index (χ1) is 7.22. The summed E-state index contributed by atoms with van der Waals surface area (Å²) in [6.45, 7) is 2.98. The number of halogens is 1. The molecule has 2 rings (SSSR count). The van der Waals surface area contributed by atoms with Gasteiger partial charge in [-0.15, -0.1) is 0 Å². The van der Waals surface area contributed by atoms with Crippen LogP contribution in [0, 0.1) is 3.57 Å². The van der Waals surface area contributed by atoms with Gasteiger partial charge in [-0.25, -0.2) is 0 Å². The second-order valence-corrected chi connectivity index (χ2v) is 4.69. The van der Waals surface area contributed by atoms with E-state index in [0.29, 0.717) is 0 Å². The third-order valence-corrected chi connectivity index (χ3v) is 2.98. The topological polar surface area (TPSA) is 29.5 Å². The molecule has 1 aromatic carbocycles. The third-order valence-electron chi connectivity index (χ3n) is 2.31. The zero-order chi connectivity index (χ0) is 10.8. The first-order valence-electron chi connectivity index (χ1n) is 4.95. The van der Waals surface area contributed by atoms with Gasteiger partial charge in [0.05, 0.1) is 5.69 Å². The predicted octanol–water partition coefficient (Wildman–Crippen LogP) is 2.43. The van der Waals surface area contributed by atoms with Crippen LogP contribution in [0.5, 0.6) is 5.75 Å². The normalized spacial score (nSPS) is 14.8. The number of fused-ring (bicyclic) bond motifs is 1. The maximum atomic E-state index is 11.6. The van der Waals surface area contributed by atoms with Crippen LogP contribution in [0.2, 0.25) is 0 Å². The smallest absolute Gasteiger partial charge is 0.265 e. The summed E-state index contributed by atoms with van der Waals surface area (Å²) in [7, 11) is 0. The van der Waals surface area contributed by atoms with Crippen molar-refractivity contribution in [2.75, 3.05) is 18.1 Å². The standard InChI is InChI=1S/C11H12INO2/c1-2-5-13-9-4-3-8(12)6-10(9)15-7-11(13)14/h3-4,6H,2,5,7H2,1H3. The number of nitrogens with zero attached hydrogens (tertiary/aromatic N) is 1. The van der Waals surface area contributed by atoms with Crippen molar-refractivity contribution in [1.82, 2.24) is 0 Å². The Hall–Kier alpha value is -0.780. The van der Waals surface area contributed by atoms with Gasteiger partial charge >= 0.3 is 0 Å². The molecule has 0 unspecified atom stereocenters. The van der Waals surface area contributed by atoms with Gasteiger partial charge < -0.3 is 9.64 Å². The van der Waals surface area contributed by atoms with Crippen molar-refractivity contribution in [3.8, 4) is 5.75 Å². The highest BCUT2D eigenvalue weighted by atomic mass is 127. The lowest BCUT2D eigenvalue weighted by molar-refractivity contribution is -0.121. The summed E-state index contributed by atoms with van der Waals surface area (Å²) in [6, 6.07) is 5.90. The van der Waals surface area contributed by atoms with Gasteiger partial charge in [0.2, 0.25) is 0 Å². The molecule has 1 heterocycles. The Bertz CT molecular complexity index is 392. The average Bonchev–Trinajstić information content (AvgIpc) is 2.22. The van der Waals surface area contributed by atoms with Gasteiger partial charge in [-0.05, 0) is 47.2 Å². The highest BCUT2D eigenvalue weighted by Gasteiger charge is 2.24. The molecule has 1 amide bonds. The lowest BCUT2D eigenvalue weighted by atomic mass is 10.2. The van der Waals surface area contributed by atoms with Crippen LogP contribution in [0.15, 0.2) is 18.2 Å². The zero-order valence-electron chi connectivity index (χ0n) is 8.50. The number of hydrogen-bond acceptors (Lipinski definition) is 2. The fraction of sp³-hybridized carbons (Fsp3) is 0.364. The van der Waals surface area contributed by atoms with Gasteiger partial charge in [0.15, 0.2) is 6.61 Å². The molecule has 15 heavy (non-hydrogen) atoms. The Morgan fingerprint density at radius 1 is 1.53 bits per heavy atom. The van der Waals surface area contributed by atoms with Crippen molar-refractivity contribution >= 4 is 34.2 Å². The second-order valence-electron chi connectivity index (χ2n) is 3.45. The van der Waals surface area contributed by atoms with E-state index in [9.17, 15) is 4.79 Å². The molecule has 0 N–H and O–H groups in total. The molecule has 80 valence electrons. The minimum Gasteiger partial charge on any atom is -0.482 e. The van der Waals surface area contributed by atoms with Gasteiger partial charge in [0.1, 0.15) is 5.75 Å². The van der Waals surface area contributed by atoms with Crippen LogP contribution in [0.4, 0.5) is 5.69 Å². The molecule has 0 aromatic heterocycles. The van der Waals surface area contributed by atoms with Crippen molar-refractivity contribution in [3.05, 3.63) is 21.8 Å². The SMILES string of the molecule is CCCN1C(=O)COc2cc(I)ccc21. The first kappa shape index (κ1) is 10.7. The monoisotopic (exact) mass is 317 g/mol. The largest absolute Gasteiger partial charge is 0.482 e. The van der Waals surface area contributed by atoms with Gasteiger partial charge in [-0.2, -0.15) is 0 Å². The quantitative estimate of drug-likeness (QED) is 0.784. The molecule has 0 saturated carbocycles. The Kier molecular flexibility index (Phi) is 3.14. The molecule has 3 nitrogen and oxygen atoms in total. The molecule has 1 aromatic rings. The van der Waals surface area contributed by atoms with Crippen LogP contribution in [0.1, 0.15) is 13.3 Å². The van der Waals surface area contributed by atoms with Crippen molar-refractivity contribution in [1.29, 1.82) is 0 Å². The third kappa shape index (κ3) is 2.09. The van der Waals surface area contributed by atoms with E-state index in [0.717, 1.165) is 28.0 Å². The fourth-order valence-electron chi connectivity index (χ4n) is 1.65. The predicted molar refractivity (Wildman–Crippen MR) is 67.3 cm³/mol. The van der Waals surface area contributed by atoms with Crippen LogP contribution < -0.4 is 9.64 Å². The maximum absolute atomic E-state index is 11.6. The zero-order valence-corrected chi connectivity index (χ0v) is 10.7. The van der Waals surface area contributed by atoms with Crippen LogP contribution in [-0.2, 0) is 4.79 Å². The molecule has 0 spiro atoms. The van der Waals surface area contributed by atoms with E-state index in [1.54, 1.807) is 4.90 Å². The Morgan fingerprint density at radius 2 is 2.33 bits per heavy atom. The van der Waals surface area contributed by atoms with E-state index in [-0.39, 0.29) is 12.5 Å². The van der Waals surface area contributed by atoms with E-state index in [4.69, 9.17) is 4.74 Å². The summed E-state index contributed by atoms with van der Waals surface area (Å²) in [5, 5.41) is 0. The Morgan fingerprint density at radius 3 is 3.07 bits per heavy atom. The molecular formula is C11H12INO2. The second kappa shape index (κ2) is 4.38. The van der Waals surface area contributed by atoms with Crippen molar-refractivity contribution in [3.63, 3.8) is 0 Å². The number of ether oxygens (including phenoxy) is 1. The maximum Gasteiger partial charge on any atom is 0.265 e. The van der Waals surface area contributed by atoms with Crippen LogP contribution in [0.3, 0.4) is 0 Å². The number of carbonyl (C=O) groups is 1. The lowest BCUT2D eigenvalue weighted by Crippen LogP contribution is -2.39. The average molecular weight is 317 g/mol. The number of hydrogen-bond donors (Lipinski definition) is 0. The summed E-state index contributed by atoms with van der Waals surface area (Å²) >= 11 is 2.24. The molecule has 0 radical (unpaired) electrons. The number of amides is 1. The number of benzene rings is 1. The highest BCUT2D eigenvalue weighted by molar-refractivity contribution is 14.1. The van der Waals surface area contributed by atoms with Gasteiger partial charge in [-0.3, -0.25) is 4.79 Å². The molecule has 0 fully saturated rings. The molecular weight excluding hydrogens is 305 g/mol. The van der Waals surface area contributed by atoms with Gasteiger partial charge in [0, 0.05) is 10.1 Å². The van der Waals surface area contributed by atoms with Gasteiger partial charge in [0.25, 0.3) is 5.91 Å². The van der Waals surface area contributed by atoms with Crippen LogP contribution >= 0.6 is 22.6 Å². The van der Waals surface area contributed by atoms with E-state index < -0.39 is 0 Å². The molecule has 0 atom stereocenters. The highest BCUT2D eigenvalue weighted by Crippen LogP contribution is 2.33. The molecule has 0 bridgehead atoms. The molecule has 1 aliphatic rings. The van der Waals surface area contributed by atoms with E-state index >= 15 is 0 Å². The molecule has 0 saturated heterocycles. The lowest BCUT2D eigenvalue weighted by Gasteiger charge is -2.29. The van der Waals surface area contributed by atoms with Crippen molar-refractivity contribution < 1.29 is 9.53 Å². The van der Waals surface area contributed by atoms with E-state index in [1.807, 2.05) is 18.2 Å². The molecule has 4 heteroatoms. The van der Waals surface area contributed by atoms with Crippen molar-refractivity contribution in [2.45, 2.75) is 13.3 Å². The molecule has 1 aliphatic heterocycles. The number of rotatable bonds is 2. The van der Waals surface area contributed by atoms with E-state index in [2.05, 4.69) is 29.5 Å². The summed E-state index contributed by atoms with van der Waals surface area (Å²) in [6.07, 6.45) is 0.956. The summed E-state index contributed by atoms with van der Waals surface area (Å²) in [5.74, 6) is 0.862. The summed E-state index contributed by atoms with van der Waals surface area (Å²) in [4.78, 5) is 13.4. The minimum absolute atomic E-state index is 0.0468. The number of carbonyl (C=O) groups excluding carboxylic acids is 1. The van der Waals surface area contributed by atoms with Crippen molar-refractivity contribution in [2.24, 2.45) is 0 Å². The van der Waals surface area contributed by atoms with Crippen LogP contribution in [-0.4, -0.2) is 19.1 Å². The van der Waals surface area contributed by atoms with Crippen LogP contribution in [0.25, 0.3) is 0 Å². The Balaban J connectivity index is 2.39.